The minimum atomic E-state index is -2.63. The maximum atomic E-state index is 13.2. The smallest absolute Gasteiger partial charge is 0.319 e. The van der Waals surface area contributed by atoms with Crippen LogP contribution in [0.2, 0.25) is 0 Å². The zero-order valence-electron chi connectivity index (χ0n) is 15.3. The summed E-state index contributed by atoms with van der Waals surface area (Å²) in [5.74, 6) is -2.74. The van der Waals surface area contributed by atoms with Crippen molar-refractivity contribution in [2.24, 2.45) is 0 Å². The molecule has 2 aliphatic rings. The average Bonchev–Trinajstić information content (AvgIpc) is 3.42. The molecule has 0 aromatic carbocycles. The van der Waals surface area contributed by atoms with E-state index in [-0.39, 0.29) is 30.7 Å². The number of H-pyrrole nitrogens is 1. The van der Waals surface area contributed by atoms with Gasteiger partial charge in [-0.05, 0) is 18.2 Å². The summed E-state index contributed by atoms with van der Waals surface area (Å²) in [5.41, 5.74) is 3.67. The second-order valence-electron chi connectivity index (χ2n) is 7.64. The zero-order valence-corrected chi connectivity index (χ0v) is 15.3. The highest BCUT2D eigenvalue weighted by molar-refractivity contribution is 5.51. The molecule has 29 heavy (non-hydrogen) atoms. The van der Waals surface area contributed by atoms with Crippen molar-refractivity contribution in [1.82, 2.24) is 29.8 Å². The number of halogens is 2. The number of aromatic nitrogens is 6. The third kappa shape index (κ3) is 2.62. The molecule has 4 aromatic heterocycles. The van der Waals surface area contributed by atoms with Crippen LogP contribution in [0.5, 0.6) is 0 Å². The Kier molecular flexibility index (Phi) is 3.36. The summed E-state index contributed by atoms with van der Waals surface area (Å²) in [6.45, 7) is 0.621. The van der Waals surface area contributed by atoms with Gasteiger partial charge < -0.3 is 14.3 Å². The van der Waals surface area contributed by atoms with Crippen molar-refractivity contribution in [3.05, 3.63) is 59.8 Å². The Balaban J connectivity index is 1.39. The number of hydrogen-bond acceptors (Lipinski definition) is 6. The number of pyridine rings is 1. The van der Waals surface area contributed by atoms with Crippen LogP contribution in [0.1, 0.15) is 47.8 Å². The van der Waals surface area contributed by atoms with Gasteiger partial charge in [-0.15, -0.1) is 5.10 Å². The van der Waals surface area contributed by atoms with E-state index in [2.05, 4.69) is 20.2 Å². The number of nitrogens with zero attached hydrogens (tertiary/aromatic N) is 6. The Morgan fingerprint density at radius 2 is 2.10 bits per heavy atom. The molecule has 10 heteroatoms. The number of aromatic amines is 1. The highest BCUT2D eigenvalue weighted by Gasteiger charge is 2.48. The van der Waals surface area contributed by atoms with Gasteiger partial charge in [0.15, 0.2) is 0 Å². The molecule has 1 unspecified atom stereocenters. The van der Waals surface area contributed by atoms with Crippen molar-refractivity contribution >= 4 is 11.5 Å². The predicted octanol–water partition coefficient (Wildman–Crippen LogP) is 3.11. The molecule has 1 aliphatic heterocycles. The summed E-state index contributed by atoms with van der Waals surface area (Å²) in [5, 5.41) is 12.9. The number of imidazole rings is 1. The molecule has 0 radical (unpaired) electrons. The lowest BCUT2D eigenvalue weighted by Gasteiger charge is -2.33. The summed E-state index contributed by atoms with van der Waals surface area (Å²) >= 11 is 0. The maximum Gasteiger partial charge on any atom is 0.319 e. The lowest BCUT2D eigenvalue weighted by Crippen LogP contribution is -2.37. The monoisotopic (exact) mass is 397 g/mol. The third-order valence-corrected chi connectivity index (χ3v) is 5.71. The molecule has 1 fully saturated rings. The maximum absolute atomic E-state index is 13.2. The number of hydrogen-bond donors (Lipinski definition) is 1. The van der Waals surface area contributed by atoms with Gasteiger partial charge in [0.1, 0.15) is 6.04 Å². The Morgan fingerprint density at radius 3 is 2.93 bits per heavy atom. The number of nitrogens with one attached hydrogen (secondary N) is 1. The molecule has 1 aliphatic carbocycles. The molecule has 5 heterocycles. The highest BCUT2D eigenvalue weighted by Crippen LogP contribution is 2.48. The Bertz CT molecular complexity index is 1160. The van der Waals surface area contributed by atoms with Crippen molar-refractivity contribution in [3.63, 3.8) is 0 Å². The lowest BCUT2D eigenvalue weighted by molar-refractivity contribution is -0.0917. The normalized spacial score (nSPS) is 21.3. The van der Waals surface area contributed by atoms with Crippen molar-refractivity contribution in [1.29, 1.82) is 0 Å². The van der Waals surface area contributed by atoms with Gasteiger partial charge in [-0.25, -0.2) is 18.3 Å². The van der Waals surface area contributed by atoms with Crippen LogP contribution in [0.15, 0.2) is 41.2 Å². The summed E-state index contributed by atoms with van der Waals surface area (Å²) in [6, 6.07) is 7.87. The van der Waals surface area contributed by atoms with E-state index in [1.54, 1.807) is 6.33 Å². The fourth-order valence-electron chi connectivity index (χ4n) is 4.22. The fourth-order valence-corrected chi connectivity index (χ4v) is 4.22. The Morgan fingerprint density at radius 1 is 1.21 bits per heavy atom. The van der Waals surface area contributed by atoms with Gasteiger partial charge >= 0.3 is 6.01 Å². The Labute approximate surface area is 163 Å². The van der Waals surface area contributed by atoms with Crippen LogP contribution in [0.4, 0.5) is 14.8 Å². The van der Waals surface area contributed by atoms with Crippen LogP contribution in [0, 0.1) is 0 Å². The van der Waals surface area contributed by atoms with E-state index in [1.165, 1.54) is 0 Å². The quantitative estimate of drug-likeness (QED) is 0.572. The van der Waals surface area contributed by atoms with E-state index in [0.29, 0.717) is 12.6 Å². The van der Waals surface area contributed by atoms with Gasteiger partial charge in [0.25, 0.3) is 0 Å². The fraction of sp³-hybridized carbons (Fsp3) is 0.368. The van der Waals surface area contributed by atoms with Gasteiger partial charge in [-0.2, -0.15) is 5.10 Å². The molecule has 1 N–H and O–H groups in total. The molecule has 0 saturated heterocycles. The van der Waals surface area contributed by atoms with Crippen LogP contribution < -0.4 is 4.90 Å². The third-order valence-electron chi connectivity index (χ3n) is 5.71. The summed E-state index contributed by atoms with van der Waals surface area (Å²) in [6.07, 6.45) is 3.81. The molecule has 0 bridgehead atoms. The number of alkyl halides is 2. The minimum absolute atomic E-state index is 0.242. The second kappa shape index (κ2) is 5.85. The average molecular weight is 397 g/mol. The van der Waals surface area contributed by atoms with Crippen LogP contribution in [-0.2, 0) is 6.42 Å². The first-order valence-corrected chi connectivity index (χ1v) is 9.52. The molecule has 0 amide bonds. The minimum Gasteiger partial charge on any atom is -0.408 e. The highest BCUT2D eigenvalue weighted by atomic mass is 19.3. The van der Waals surface area contributed by atoms with Gasteiger partial charge in [-0.3, -0.25) is 0 Å². The second-order valence-corrected chi connectivity index (χ2v) is 7.64. The van der Waals surface area contributed by atoms with Crippen LogP contribution in [0.3, 0.4) is 0 Å². The first kappa shape index (κ1) is 16.6. The van der Waals surface area contributed by atoms with Crippen molar-refractivity contribution in [2.45, 2.75) is 37.1 Å². The molecule has 8 nitrogen and oxygen atoms in total. The van der Waals surface area contributed by atoms with E-state index in [9.17, 15) is 8.78 Å². The van der Waals surface area contributed by atoms with E-state index >= 15 is 0 Å². The summed E-state index contributed by atoms with van der Waals surface area (Å²) in [7, 11) is 0. The molecular weight excluding hydrogens is 380 g/mol. The largest absolute Gasteiger partial charge is 0.408 e. The van der Waals surface area contributed by atoms with Crippen molar-refractivity contribution < 1.29 is 13.2 Å². The van der Waals surface area contributed by atoms with Gasteiger partial charge in [0.2, 0.25) is 11.8 Å². The topological polar surface area (TPSA) is 88.1 Å². The van der Waals surface area contributed by atoms with E-state index in [1.807, 2.05) is 39.9 Å². The SMILES string of the molecule is FC1(F)CC(c2nnc(N3CCc4[nH]cnc4C3c3cc4ccccn4n3)o2)C1. The zero-order chi connectivity index (χ0) is 19.6. The van der Waals surface area contributed by atoms with Gasteiger partial charge in [-0.1, -0.05) is 11.2 Å². The van der Waals surface area contributed by atoms with Crippen molar-refractivity contribution in [3.8, 4) is 0 Å². The van der Waals surface area contributed by atoms with Crippen molar-refractivity contribution in [2.75, 3.05) is 11.4 Å². The summed E-state index contributed by atoms with van der Waals surface area (Å²) in [4.78, 5) is 9.66. The first-order valence-electron chi connectivity index (χ1n) is 9.52. The number of anilines is 1. The standard InChI is InChI=1S/C19H17F2N7O/c20-19(21)8-11(9-19)17-24-25-18(29-17)27-6-4-13-15(23-10-22-13)16(27)14-7-12-3-1-2-5-28(12)26-14/h1-3,5,7,10-11,16H,4,6,8-9H2,(H,22,23). The first-order chi connectivity index (χ1) is 14.1. The van der Waals surface area contributed by atoms with Gasteiger partial charge in [0.05, 0.1) is 23.2 Å². The van der Waals surface area contributed by atoms with Gasteiger partial charge in [0, 0.05) is 43.6 Å². The molecule has 148 valence electrons. The summed E-state index contributed by atoms with van der Waals surface area (Å²) < 4.78 is 34.1. The van der Waals surface area contributed by atoms with Crippen LogP contribution >= 0.6 is 0 Å². The number of rotatable bonds is 3. The molecular formula is C19H17F2N7O. The predicted molar refractivity (Wildman–Crippen MR) is 97.9 cm³/mol. The Hall–Kier alpha value is -3.30. The van der Waals surface area contributed by atoms with E-state index in [0.717, 1.165) is 29.0 Å². The molecule has 6 rings (SSSR count). The van der Waals surface area contributed by atoms with Crippen LogP contribution in [0.25, 0.3) is 5.52 Å². The molecule has 4 aromatic rings. The molecule has 1 saturated carbocycles. The number of fused-ring (bicyclic) bond motifs is 2. The van der Waals surface area contributed by atoms with E-state index < -0.39 is 5.92 Å². The van der Waals surface area contributed by atoms with E-state index in [4.69, 9.17) is 9.52 Å². The molecule has 0 spiro atoms. The molecule has 1 atom stereocenters. The lowest BCUT2D eigenvalue weighted by atomic mass is 9.81. The van der Waals surface area contributed by atoms with Crippen LogP contribution in [-0.4, -0.2) is 42.2 Å².